The van der Waals surface area contributed by atoms with Gasteiger partial charge in [0.1, 0.15) is 11.4 Å². The van der Waals surface area contributed by atoms with E-state index in [0.717, 1.165) is 17.7 Å². The van der Waals surface area contributed by atoms with E-state index >= 15 is 0 Å². The molecule has 1 aliphatic heterocycles. The molecule has 1 atom stereocenters. The van der Waals surface area contributed by atoms with E-state index in [1.165, 1.54) is 28.3 Å². The highest BCUT2D eigenvalue weighted by Gasteiger charge is 2.36. The van der Waals surface area contributed by atoms with Crippen LogP contribution in [-0.4, -0.2) is 16.5 Å². The van der Waals surface area contributed by atoms with Crippen LogP contribution in [0, 0.1) is 20.8 Å². The second-order valence-electron chi connectivity index (χ2n) is 7.34. The lowest BCUT2D eigenvalue weighted by Gasteiger charge is -2.26. The highest BCUT2D eigenvalue weighted by atomic mass is 16.5. The van der Waals surface area contributed by atoms with E-state index in [9.17, 15) is 9.90 Å². The van der Waals surface area contributed by atoms with Gasteiger partial charge in [-0.1, -0.05) is 0 Å². The minimum atomic E-state index is -0.173. The minimum Gasteiger partial charge on any atom is -0.512 e. The third-order valence-corrected chi connectivity index (χ3v) is 5.06. The van der Waals surface area contributed by atoms with Crippen molar-refractivity contribution in [3.8, 4) is 5.75 Å². The maximum Gasteiger partial charge on any atom is 0.159 e. The van der Waals surface area contributed by atoms with Crippen molar-refractivity contribution in [2.24, 2.45) is 0 Å². The van der Waals surface area contributed by atoms with Gasteiger partial charge in [0.25, 0.3) is 0 Å². The highest BCUT2D eigenvalue weighted by molar-refractivity contribution is 5.91. The summed E-state index contributed by atoms with van der Waals surface area (Å²) in [6.45, 7) is 10.6. The van der Waals surface area contributed by atoms with Gasteiger partial charge < -0.3 is 9.84 Å². The van der Waals surface area contributed by atoms with Crippen molar-refractivity contribution in [2.75, 3.05) is 0 Å². The van der Waals surface area contributed by atoms with Gasteiger partial charge >= 0.3 is 0 Å². The molecule has 118 valence electrons. The molecule has 1 aliphatic carbocycles. The van der Waals surface area contributed by atoms with Crippen molar-refractivity contribution in [2.45, 2.75) is 65.4 Å². The predicted molar refractivity (Wildman–Crippen MR) is 86.8 cm³/mol. The minimum absolute atomic E-state index is 0.00643. The normalized spacial score (nSPS) is 23.0. The number of hydrogen-bond acceptors (Lipinski definition) is 3. The highest BCUT2D eigenvalue weighted by Crippen LogP contribution is 2.46. The molecular formula is C19H24O3. The van der Waals surface area contributed by atoms with Crippen molar-refractivity contribution < 1.29 is 14.6 Å². The second kappa shape index (κ2) is 4.87. The molecule has 1 heterocycles. The van der Waals surface area contributed by atoms with Gasteiger partial charge in [-0.25, -0.2) is 0 Å². The summed E-state index contributed by atoms with van der Waals surface area (Å²) in [6, 6.07) is 0. The molecular weight excluding hydrogens is 276 g/mol. The number of rotatable bonds is 1. The van der Waals surface area contributed by atoms with Crippen LogP contribution in [0.3, 0.4) is 0 Å². The van der Waals surface area contributed by atoms with Crippen molar-refractivity contribution >= 4 is 5.78 Å². The largest absolute Gasteiger partial charge is 0.512 e. The molecule has 3 nitrogen and oxygen atoms in total. The molecule has 0 amide bonds. The summed E-state index contributed by atoms with van der Waals surface area (Å²) in [5, 5.41) is 9.85. The molecule has 3 heteroatoms. The number of benzene rings is 1. The number of ketones is 1. The van der Waals surface area contributed by atoms with Gasteiger partial charge in [0.2, 0.25) is 0 Å². The quantitative estimate of drug-likeness (QED) is 0.845. The van der Waals surface area contributed by atoms with Crippen molar-refractivity contribution in [3.63, 3.8) is 0 Å². The number of carbonyl (C=O) groups is 1. The van der Waals surface area contributed by atoms with Gasteiger partial charge in [0, 0.05) is 30.9 Å². The monoisotopic (exact) mass is 300 g/mol. The Bertz CT molecular complexity index is 695. The van der Waals surface area contributed by atoms with E-state index in [4.69, 9.17) is 4.74 Å². The van der Waals surface area contributed by atoms with Crippen LogP contribution in [0.4, 0.5) is 0 Å². The molecule has 0 spiro atoms. The molecule has 3 rings (SSSR count). The van der Waals surface area contributed by atoms with E-state index in [0.29, 0.717) is 12.8 Å². The van der Waals surface area contributed by atoms with Gasteiger partial charge in [-0.05, 0) is 62.8 Å². The number of aliphatic hydroxyl groups excluding tert-OH is 1. The number of hydrogen-bond donors (Lipinski definition) is 1. The number of allylic oxidation sites excluding steroid dienone is 2. The van der Waals surface area contributed by atoms with Crippen LogP contribution in [0.25, 0.3) is 0 Å². The lowest BCUT2D eigenvalue weighted by atomic mass is 9.79. The predicted octanol–water partition coefficient (Wildman–Crippen LogP) is 4.21. The lowest BCUT2D eigenvalue weighted by Crippen LogP contribution is -2.25. The number of fused-ring (bicyclic) bond motifs is 1. The van der Waals surface area contributed by atoms with Gasteiger partial charge in [-0.3, -0.25) is 4.79 Å². The first-order chi connectivity index (χ1) is 10.2. The number of carbonyl (C=O) groups excluding carboxylic acids is 1. The molecule has 0 aromatic heterocycles. The van der Waals surface area contributed by atoms with Crippen LogP contribution in [0.15, 0.2) is 11.8 Å². The molecule has 0 fully saturated rings. The first-order valence-corrected chi connectivity index (χ1v) is 7.93. The van der Waals surface area contributed by atoms with Crippen molar-refractivity contribution in [3.05, 3.63) is 39.7 Å². The smallest absolute Gasteiger partial charge is 0.159 e. The zero-order chi connectivity index (χ0) is 16.2. The third-order valence-electron chi connectivity index (χ3n) is 5.06. The van der Waals surface area contributed by atoms with Crippen LogP contribution in [0.1, 0.15) is 60.4 Å². The first kappa shape index (κ1) is 15.1. The second-order valence-corrected chi connectivity index (χ2v) is 7.34. The average Bonchev–Trinajstić information content (AvgIpc) is 2.72. The summed E-state index contributed by atoms with van der Waals surface area (Å²) >= 11 is 0. The van der Waals surface area contributed by atoms with Crippen LogP contribution in [0.2, 0.25) is 0 Å². The Morgan fingerprint density at radius 3 is 2.45 bits per heavy atom. The Balaban J connectivity index is 2.13. The van der Waals surface area contributed by atoms with Crippen molar-refractivity contribution in [1.82, 2.24) is 0 Å². The van der Waals surface area contributed by atoms with Crippen LogP contribution >= 0.6 is 0 Å². The fourth-order valence-electron chi connectivity index (χ4n) is 4.01. The molecule has 0 bridgehead atoms. The third kappa shape index (κ3) is 2.33. The maximum absolute atomic E-state index is 11.8. The average molecular weight is 300 g/mol. The molecule has 1 N–H and O–H groups in total. The van der Waals surface area contributed by atoms with Gasteiger partial charge in [-0.2, -0.15) is 0 Å². The van der Waals surface area contributed by atoms with Gasteiger partial charge in [0.15, 0.2) is 5.78 Å². The summed E-state index contributed by atoms with van der Waals surface area (Å²) in [6.07, 6.45) is 3.29. The zero-order valence-corrected chi connectivity index (χ0v) is 14.0. The van der Waals surface area contributed by atoms with Crippen LogP contribution in [0.5, 0.6) is 5.75 Å². The summed E-state index contributed by atoms with van der Waals surface area (Å²) in [5.41, 5.74) is 5.95. The Labute approximate surface area is 132 Å². The van der Waals surface area contributed by atoms with Gasteiger partial charge in [-0.15, -0.1) is 0 Å². The Hall–Kier alpha value is -1.77. The Morgan fingerprint density at radius 1 is 1.14 bits per heavy atom. The number of aliphatic hydroxyl groups is 1. The van der Waals surface area contributed by atoms with E-state index in [1.54, 1.807) is 0 Å². The van der Waals surface area contributed by atoms with Crippen LogP contribution in [-0.2, 0) is 11.2 Å². The summed E-state index contributed by atoms with van der Waals surface area (Å²) in [5.74, 6) is 1.24. The zero-order valence-electron chi connectivity index (χ0n) is 14.0. The SMILES string of the molecule is Cc1c(C)c(C2CC(=O)C=C(O)C2)c(C)c2c1CC(C)(C)O2. The standard InChI is InChI=1S/C19H24O3/c1-10-11(2)17(13-6-14(20)8-15(21)7-13)12(3)18-16(10)9-19(4,5)22-18/h8,13,20H,6-7,9H2,1-5H3. The number of ether oxygens (including phenoxy) is 1. The van der Waals surface area contributed by atoms with E-state index in [1.807, 2.05) is 0 Å². The maximum atomic E-state index is 11.8. The molecule has 22 heavy (non-hydrogen) atoms. The van der Waals surface area contributed by atoms with E-state index < -0.39 is 0 Å². The van der Waals surface area contributed by atoms with E-state index in [2.05, 4.69) is 34.6 Å². The first-order valence-electron chi connectivity index (χ1n) is 7.93. The van der Waals surface area contributed by atoms with Crippen molar-refractivity contribution in [1.29, 1.82) is 0 Å². The topological polar surface area (TPSA) is 46.5 Å². The molecule has 0 saturated heterocycles. The molecule has 0 radical (unpaired) electrons. The molecule has 1 unspecified atom stereocenters. The summed E-state index contributed by atoms with van der Waals surface area (Å²) in [4.78, 5) is 11.8. The lowest BCUT2D eigenvalue weighted by molar-refractivity contribution is -0.115. The fourth-order valence-corrected chi connectivity index (χ4v) is 4.01. The van der Waals surface area contributed by atoms with Crippen LogP contribution < -0.4 is 4.74 Å². The van der Waals surface area contributed by atoms with Gasteiger partial charge in [0.05, 0.1) is 5.76 Å². The Kier molecular flexibility index (Phi) is 3.35. The molecule has 1 aromatic rings. The Morgan fingerprint density at radius 2 is 1.82 bits per heavy atom. The summed E-state index contributed by atoms with van der Waals surface area (Å²) in [7, 11) is 0. The molecule has 0 saturated carbocycles. The molecule has 2 aliphatic rings. The molecule has 1 aromatic carbocycles. The van der Waals surface area contributed by atoms with E-state index in [-0.39, 0.29) is 23.1 Å². The summed E-state index contributed by atoms with van der Waals surface area (Å²) < 4.78 is 6.18. The fraction of sp³-hybridized carbons (Fsp3) is 0.526.